The van der Waals surface area contributed by atoms with E-state index in [1.165, 1.54) is 5.51 Å². The summed E-state index contributed by atoms with van der Waals surface area (Å²) in [6.45, 7) is 1.86. The summed E-state index contributed by atoms with van der Waals surface area (Å²) in [7, 11) is 0. The van der Waals surface area contributed by atoms with E-state index < -0.39 is 11.9 Å². The van der Waals surface area contributed by atoms with Crippen molar-refractivity contribution in [2.24, 2.45) is 0 Å². The lowest BCUT2D eigenvalue weighted by atomic mass is 10.2. The fourth-order valence-electron chi connectivity index (χ4n) is 1.38. The number of nitrogens with zero attached hydrogens (tertiary/aromatic N) is 1. The molecule has 0 aliphatic carbocycles. The smallest absolute Gasteiger partial charge is 0.364 e. The van der Waals surface area contributed by atoms with Gasteiger partial charge in [-0.15, -0.1) is 11.3 Å². The minimum absolute atomic E-state index is 0.118. The number of hydrogen-bond acceptors (Lipinski definition) is 5. The van der Waals surface area contributed by atoms with Crippen molar-refractivity contribution in [3.63, 3.8) is 0 Å². The maximum Gasteiger partial charge on any atom is 0.364 e. The highest BCUT2D eigenvalue weighted by Crippen LogP contribution is 2.18. The zero-order valence-corrected chi connectivity index (χ0v) is 10.2. The first-order chi connectivity index (χ1) is 8.58. The highest BCUT2D eigenvalue weighted by atomic mass is 32.1. The standard InChI is InChI=1S/C12H9NO4S/c1-7-3-2-4-8(5-7)17-12(16)9-10(11(14)15)18-6-13-9/h2-6H,1H3,(H,14,15). The maximum atomic E-state index is 11.8. The molecule has 0 spiro atoms. The Bertz CT molecular complexity index is 606. The Hall–Kier alpha value is -2.21. The molecule has 6 heteroatoms. The molecule has 0 radical (unpaired) electrons. The van der Waals surface area contributed by atoms with Crippen LogP contribution in [0.15, 0.2) is 29.8 Å². The van der Waals surface area contributed by atoms with E-state index >= 15 is 0 Å². The van der Waals surface area contributed by atoms with Gasteiger partial charge in [0.1, 0.15) is 10.6 Å². The number of aromatic nitrogens is 1. The van der Waals surface area contributed by atoms with Gasteiger partial charge in [0.25, 0.3) is 0 Å². The maximum absolute atomic E-state index is 11.8. The molecule has 0 bridgehead atoms. The van der Waals surface area contributed by atoms with Gasteiger partial charge < -0.3 is 9.84 Å². The molecule has 18 heavy (non-hydrogen) atoms. The fraction of sp³-hybridized carbons (Fsp3) is 0.0833. The Morgan fingerprint density at radius 1 is 1.39 bits per heavy atom. The average molecular weight is 263 g/mol. The van der Waals surface area contributed by atoms with Crippen molar-refractivity contribution in [1.82, 2.24) is 4.98 Å². The molecular formula is C12H9NO4S. The summed E-state index contributed by atoms with van der Waals surface area (Å²) >= 11 is 0.888. The second kappa shape index (κ2) is 4.97. The van der Waals surface area contributed by atoms with Gasteiger partial charge in [-0.1, -0.05) is 12.1 Å². The minimum Gasteiger partial charge on any atom is -0.477 e. The van der Waals surface area contributed by atoms with E-state index in [4.69, 9.17) is 9.84 Å². The molecule has 0 saturated heterocycles. The number of carboxylic acids is 1. The van der Waals surface area contributed by atoms with Crippen molar-refractivity contribution in [1.29, 1.82) is 0 Å². The first kappa shape index (κ1) is 12.3. The van der Waals surface area contributed by atoms with Gasteiger partial charge >= 0.3 is 11.9 Å². The van der Waals surface area contributed by atoms with E-state index in [9.17, 15) is 9.59 Å². The molecule has 0 amide bonds. The van der Waals surface area contributed by atoms with Crippen LogP contribution >= 0.6 is 11.3 Å². The Morgan fingerprint density at radius 2 is 2.17 bits per heavy atom. The van der Waals surface area contributed by atoms with Gasteiger partial charge in [0.2, 0.25) is 0 Å². The highest BCUT2D eigenvalue weighted by Gasteiger charge is 2.21. The molecule has 1 aromatic heterocycles. The number of carboxylic acid groups (broad SMARTS) is 1. The Balaban J connectivity index is 2.22. The van der Waals surface area contributed by atoms with Crippen LogP contribution in [0.3, 0.4) is 0 Å². The third kappa shape index (κ3) is 2.54. The third-order valence-electron chi connectivity index (χ3n) is 2.16. The molecule has 1 heterocycles. The second-order valence-corrected chi connectivity index (χ2v) is 4.40. The number of ether oxygens (including phenoxy) is 1. The molecule has 0 saturated carbocycles. The van der Waals surface area contributed by atoms with Crippen LogP contribution < -0.4 is 4.74 Å². The van der Waals surface area contributed by atoms with Crippen LogP contribution in [0, 0.1) is 6.92 Å². The van der Waals surface area contributed by atoms with Crippen LogP contribution in [0.25, 0.3) is 0 Å². The second-order valence-electron chi connectivity index (χ2n) is 3.54. The molecule has 92 valence electrons. The van der Waals surface area contributed by atoms with Crippen molar-refractivity contribution in [2.45, 2.75) is 6.92 Å². The van der Waals surface area contributed by atoms with Crippen LogP contribution in [-0.2, 0) is 0 Å². The summed E-state index contributed by atoms with van der Waals surface area (Å²) in [5.74, 6) is -1.59. The third-order valence-corrected chi connectivity index (χ3v) is 2.97. The molecule has 5 nitrogen and oxygen atoms in total. The normalized spacial score (nSPS) is 10.1. The molecular weight excluding hydrogens is 254 g/mol. The number of benzene rings is 1. The predicted molar refractivity (Wildman–Crippen MR) is 65.2 cm³/mol. The molecule has 1 N–H and O–H groups in total. The van der Waals surface area contributed by atoms with E-state index in [1.807, 2.05) is 13.0 Å². The zero-order valence-electron chi connectivity index (χ0n) is 9.41. The van der Waals surface area contributed by atoms with Crippen molar-refractivity contribution < 1.29 is 19.4 Å². The number of carbonyl (C=O) groups excluding carboxylic acids is 1. The SMILES string of the molecule is Cc1cccc(OC(=O)c2ncsc2C(=O)O)c1. The molecule has 0 fully saturated rings. The summed E-state index contributed by atoms with van der Waals surface area (Å²) < 4.78 is 5.07. The van der Waals surface area contributed by atoms with Crippen molar-refractivity contribution >= 4 is 23.3 Å². The number of hydrogen-bond donors (Lipinski definition) is 1. The molecule has 0 unspecified atom stereocenters. The van der Waals surface area contributed by atoms with Gasteiger partial charge in [0, 0.05) is 0 Å². The van der Waals surface area contributed by atoms with Gasteiger partial charge in [0.05, 0.1) is 5.51 Å². The van der Waals surface area contributed by atoms with Gasteiger partial charge in [-0.2, -0.15) is 0 Å². The Labute approximate surface area is 107 Å². The van der Waals surface area contributed by atoms with E-state index in [0.717, 1.165) is 16.9 Å². The van der Waals surface area contributed by atoms with Crippen LogP contribution in [0.4, 0.5) is 0 Å². The molecule has 1 aromatic carbocycles. The van der Waals surface area contributed by atoms with Crippen LogP contribution in [0.1, 0.15) is 25.7 Å². The Kier molecular flexibility index (Phi) is 3.38. The summed E-state index contributed by atoms with van der Waals surface area (Å²) in [6.07, 6.45) is 0. The monoisotopic (exact) mass is 263 g/mol. The average Bonchev–Trinajstić information content (AvgIpc) is 2.77. The van der Waals surface area contributed by atoms with Gasteiger partial charge in [-0.05, 0) is 24.6 Å². The highest BCUT2D eigenvalue weighted by molar-refractivity contribution is 7.12. The number of aromatic carboxylic acids is 1. The lowest BCUT2D eigenvalue weighted by Crippen LogP contribution is -2.13. The zero-order chi connectivity index (χ0) is 13.1. The van der Waals surface area contributed by atoms with E-state index in [-0.39, 0.29) is 10.6 Å². The number of thiazole rings is 1. The topological polar surface area (TPSA) is 76.5 Å². The van der Waals surface area contributed by atoms with Crippen LogP contribution in [-0.4, -0.2) is 22.0 Å². The number of esters is 1. The Morgan fingerprint density at radius 3 is 2.83 bits per heavy atom. The fourth-order valence-corrected chi connectivity index (χ4v) is 1.99. The molecule has 0 atom stereocenters. The van der Waals surface area contributed by atoms with Crippen LogP contribution in [0.2, 0.25) is 0 Å². The van der Waals surface area contributed by atoms with Crippen molar-refractivity contribution in [3.8, 4) is 5.75 Å². The van der Waals surface area contributed by atoms with Crippen LogP contribution in [0.5, 0.6) is 5.75 Å². The molecule has 2 rings (SSSR count). The summed E-state index contributed by atoms with van der Waals surface area (Å²) in [4.78, 5) is 26.2. The predicted octanol–water partition coefficient (Wildman–Crippen LogP) is 2.37. The molecule has 2 aromatic rings. The van der Waals surface area contributed by atoms with Crippen molar-refractivity contribution in [2.75, 3.05) is 0 Å². The first-order valence-electron chi connectivity index (χ1n) is 5.03. The number of carbonyl (C=O) groups is 2. The number of rotatable bonds is 3. The quantitative estimate of drug-likeness (QED) is 0.679. The van der Waals surface area contributed by atoms with E-state index in [2.05, 4.69) is 4.98 Å². The van der Waals surface area contributed by atoms with Gasteiger partial charge in [0.15, 0.2) is 5.69 Å². The number of aryl methyl sites for hydroxylation is 1. The largest absolute Gasteiger partial charge is 0.477 e. The van der Waals surface area contributed by atoms with Gasteiger partial charge in [-0.3, -0.25) is 0 Å². The first-order valence-corrected chi connectivity index (χ1v) is 5.91. The minimum atomic E-state index is -1.19. The summed E-state index contributed by atoms with van der Waals surface area (Å²) in [6, 6.07) is 6.92. The molecule has 0 aliphatic heterocycles. The van der Waals surface area contributed by atoms with Crippen molar-refractivity contribution in [3.05, 3.63) is 45.9 Å². The van der Waals surface area contributed by atoms with E-state index in [0.29, 0.717) is 5.75 Å². The lowest BCUT2D eigenvalue weighted by Gasteiger charge is -2.03. The van der Waals surface area contributed by atoms with Gasteiger partial charge in [-0.25, -0.2) is 14.6 Å². The summed E-state index contributed by atoms with van der Waals surface area (Å²) in [5, 5.41) is 8.88. The van der Waals surface area contributed by atoms with E-state index in [1.54, 1.807) is 18.2 Å². The summed E-state index contributed by atoms with van der Waals surface area (Å²) in [5.41, 5.74) is 2.07. The molecule has 0 aliphatic rings. The lowest BCUT2D eigenvalue weighted by molar-refractivity contribution is 0.0670.